The molecule has 0 aliphatic carbocycles. The number of carbonyl (C=O) groups excluding carboxylic acids is 1. The molecule has 2 nitrogen and oxygen atoms in total. The van der Waals surface area contributed by atoms with Crippen LogP contribution >= 0.6 is 11.3 Å². The van der Waals surface area contributed by atoms with E-state index in [1.807, 2.05) is 60.8 Å². The summed E-state index contributed by atoms with van der Waals surface area (Å²) in [6, 6.07) is 11.7. The zero-order chi connectivity index (χ0) is 12.3. The van der Waals surface area contributed by atoms with E-state index < -0.39 is 0 Å². The number of nitrogens with zero attached hydrogens (tertiary/aromatic N) is 1. The molecule has 17 heavy (non-hydrogen) atoms. The predicted molar refractivity (Wildman–Crippen MR) is 73.1 cm³/mol. The molecule has 0 fully saturated rings. The molecule has 3 heteroatoms. The summed E-state index contributed by atoms with van der Waals surface area (Å²) in [6.45, 7) is 0. The number of benzene rings is 1. The van der Waals surface area contributed by atoms with Crippen molar-refractivity contribution in [1.82, 2.24) is 0 Å². The van der Waals surface area contributed by atoms with E-state index in [4.69, 9.17) is 0 Å². The highest BCUT2D eigenvalue weighted by atomic mass is 32.1. The number of thiophene rings is 1. The first-order chi connectivity index (χ1) is 8.16. The summed E-state index contributed by atoms with van der Waals surface area (Å²) in [4.78, 5) is 15.2. The molecule has 0 aliphatic rings. The SMILES string of the molecule is CN(C)c1cccc(C(=O)Cc2cccs2)c1. The molecule has 1 heterocycles. The van der Waals surface area contributed by atoms with Crippen molar-refractivity contribution in [3.63, 3.8) is 0 Å². The van der Waals surface area contributed by atoms with Crippen LogP contribution in [-0.4, -0.2) is 19.9 Å². The molecule has 0 radical (unpaired) electrons. The first-order valence-corrected chi connectivity index (χ1v) is 6.38. The minimum atomic E-state index is 0.177. The molecule has 0 spiro atoms. The summed E-state index contributed by atoms with van der Waals surface area (Å²) in [5, 5.41) is 2.00. The quantitative estimate of drug-likeness (QED) is 0.771. The van der Waals surface area contributed by atoms with E-state index in [1.54, 1.807) is 11.3 Å². The topological polar surface area (TPSA) is 20.3 Å². The van der Waals surface area contributed by atoms with E-state index >= 15 is 0 Å². The fourth-order valence-corrected chi connectivity index (χ4v) is 2.33. The molecule has 0 saturated carbocycles. The molecule has 2 aromatic rings. The van der Waals surface area contributed by atoms with Crippen LogP contribution in [0.5, 0.6) is 0 Å². The van der Waals surface area contributed by atoms with Crippen LogP contribution in [0.4, 0.5) is 5.69 Å². The minimum Gasteiger partial charge on any atom is -0.378 e. The summed E-state index contributed by atoms with van der Waals surface area (Å²) in [6.07, 6.45) is 0.495. The van der Waals surface area contributed by atoms with Gasteiger partial charge in [-0.05, 0) is 23.6 Å². The zero-order valence-corrected chi connectivity index (χ0v) is 10.8. The fourth-order valence-electron chi connectivity index (χ4n) is 1.63. The lowest BCUT2D eigenvalue weighted by atomic mass is 10.1. The Morgan fingerprint density at radius 1 is 1.24 bits per heavy atom. The lowest BCUT2D eigenvalue weighted by Crippen LogP contribution is -2.10. The van der Waals surface area contributed by atoms with Gasteiger partial charge in [-0.2, -0.15) is 0 Å². The Morgan fingerprint density at radius 3 is 2.71 bits per heavy atom. The van der Waals surface area contributed by atoms with Gasteiger partial charge in [0.2, 0.25) is 0 Å². The van der Waals surface area contributed by atoms with Crippen LogP contribution in [0.15, 0.2) is 41.8 Å². The summed E-state index contributed by atoms with van der Waals surface area (Å²) in [5.41, 5.74) is 1.84. The number of anilines is 1. The molecule has 0 atom stereocenters. The Labute approximate surface area is 106 Å². The van der Waals surface area contributed by atoms with Gasteiger partial charge in [0.25, 0.3) is 0 Å². The number of hydrogen-bond acceptors (Lipinski definition) is 3. The second-order valence-corrected chi connectivity index (χ2v) is 5.16. The van der Waals surface area contributed by atoms with Crippen LogP contribution < -0.4 is 4.90 Å². The standard InChI is InChI=1S/C14H15NOS/c1-15(2)12-6-3-5-11(9-12)14(16)10-13-7-4-8-17-13/h3-9H,10H2,1-2H3. The highest BCUT2D eigenvalue weighted by Gasteiger charge is 2.08. The van der Waals surface area contributed by atoms with Gasteiger partial charge in [0, 0.05) is 36.6 Å². The van der Waals surface area contributed by atoms with Crippen molar-refractivity contribution in [2.45, 2.75) is 6.42 Å². The van der Waals surface area contributed by atoms with Gasteiger partial charge in [0.15, 0.2) is 5.78 Å². The molecule has 0 aliphatic heterocycles. The van der Waals surface area contributed by atoms with Crippen molar-refractivity contribution in [2.24, 2.45) is 0 Å². The Hall–Kier alpha value is -1.61. The average Bonchev–Trinajstić information content (AvgIpc) is 2.82. The number of hydrogen-bond donors (Lipinski definition) is 0. The highest BCUT2D eigenvalue weighted by molar-refractivity contribution is 7.10. The Morgan fingerprint density at radius 2 is 2.06 bits per heavy atom. The third kappa shape index (κ3) is 2.94. The third-order valence-corrected chi connectivity index (χ3v) is 3.48. The van der Waals surface area contributed by atoms with Crippen LogP contribution in [0.3, 0.4) is 0 Å². The van der Waals surface area contributed by atoms with Crippen molar-refractivity contribution >= 4 is 22.8 Å². The summed E-state index contributed by atoms with van der Waals surface area (Å²) in [7, 11) is 3.95. The molecule has 0 saturated heterocycles. The van der Waals surface area contributed by atoms with Gasteiger partial charge in [-0.15, -0.1) is 11.3 Å². The Kier molecular flexibility index (Phi) is 3.59. The molecule has 1 aromatic carbocycles. The van der Waals surface area contributed by atoms with Crippen molar-refractivity contribution in [1.29, 1.82) is 0 Å². The first kappa shape index (κ1) is 11.9. The smallest absolute Gasteiger partial charge is 0.168 e. The van der Waals surface area contributed by atoms with Gasteiger partial charge in [0.05, 0.1) is 0 Å². The average molecular weight is 245 g/mol. The van der Waals surface area contributed by atoms with Crippen LogP contribution in [0.2, 0.25) is 0 Å². The first-order valence-electron chi connectivity index (χ1n) is 5.50. The molecule has 0 N–H and O–H groups in total. The van der Waals surface area contributed by atoms with Gasteiger partial charge in [0.1, 0.15) is 0 Å². The predicted octanol–water partition coefficient (Wildman–Crippen LogP) is 3.24. The zero-order valence-electron chi connectivity index (χ0n) is 10.0. The van der Waals surface area contributed by atoms with Crippen LogP contribution in [0, 0.1) is 0 Å². The number of Topliss-reactive ketones (excluding diaryl/α,β-unsaturated/α-hetero) is 1. The van der Waals surface area contributed by atoms with Gasteiger partial charge in [-0.1, -0.05) is 18.2 Å². The van der Waals surface area contributed by atoms with Gasteiger partial charge < -0.3 is 4.90 Å². The van der Waals surface area contributed by atoms with Crippen molar-refractivity contribution in [2.75, 3.05) is 19.0 Å². The highest BCUT2D eigenvalue weighted by Crippen LogP contribution is 2.17. The third-order valence-electron chi connectivity index (χ3n) is 2.60. The second-order valence-electron chi connectivity index (χ2n) is 4.12. The molecule has 0 bridgehead atoms. The number of carbonyl (C=O) groups is 1. The van der Waals surface area contributed by atoms with Gasteiger partial charge in [-0.3, -0.25) is 4.79 Å². The van der Waals surface area contributed by atoms with Gasteiger partial charge >= 0.3 is 0 Å². The fraction of sp³-hybridized carbons (Fsp3) is 0.214. The van der Waals surface area contributed by atoms with E-state index in [9.17, 15) is 4.79 Å². The van der Waals surface area contributed by atoms with Crippen LogP contribution in [0.1, 0.15) is 15.2 Å². The summed E-state index contributed by atoms with van der Waals surface area (Å²) in [5.74, 6) is 0.177. The van der Waals surface area contributed by atoms with E-state index in [2.05, 4.69) is 0 Å². The molecule has 0 amide bonds. The molecule has 0 unspecified atom stereocenters. The maximum absolute atomic E-state index is 12.1. The Bertz CT molecular complexity index is 503. The molecular weight excluding hydrogens is 230 g/mol. The summed E-state index contributed by atoms with van der Waals surface area (Å²) >= 11 is 1.63. The monoisotopic (exact) mass is 245 g/mol. The second kappa shape index (κ2) is 5.15. The van der Waals surface area contributed by atoms with Crippen molar-refractivity contribution < 1.29 is 4.79 Å². The lowest BCUT2D eigenvalue weighted by molar-refractivity contribution is 0.0994. The summed E-state index contributed by atoms with van der Waals surface area (Å²) < 4.78 is 0. The van der Waals surface area contributed by atoms with E-state index in [1.165, 1.54) is 0 Å². The van der Waals surface area contributed by atoms with E-state index in [0.717, 1.165) is 16.1 Å². The largest absolute Gasteiger partial charge is 0.378 e. The van der Waals surface area contributed by atoms with E-state index in [0.29, 0.717) is 6.42 Å². The van der Waals surface area contributed by atoms with Gasteiger partial charge in [-0.25, -0.2) is 0 Å². The number of ketones is 1. The lowest BCUT2D eigenvalue weighted by Gasteiger charge is -2.13. The van der Waals surface area contributed by atoms with Crippen LogP contribution in [0.25, 0.3) is 0 Å². The van der Waals surface area contributed by atoms with E-state index in [-0.39, 0.29) is 5.78 Å². The number of rotatable bonds is 4. The molecule has 88 valence electrons. The minimum absolute atomic E-state index is 0.177. The molecular formula is C14H15NOS. The van der Waals surface area contributed by atoms with Crippen molar-refractivity contribution in [3.05, 3.63) is 52.2 Å². The van der Waals surface area contributed by atoms with Crippen molar-refractivity contribution in [3.8, 4) is 0 Å². The normalized spacial score (nSPS) is 10.2. The maximum atomic E-state index is 12.1. The molecule has 1 aromatic heterocycles. The van der Waals surface area contributed by atoms with Crippen LogP contribution in [-0.2, 0) is 6.42 Å². The Balaban J connectivity index is 2.16. The maximum Gasteiger partial charge on any atom is 0.168 e. The molecule has 2 rings (SSSR count).